The molecule has 0 radical (unpaired) electrons. The molecule has 0 aliphatic heterocycles. The maximum atomic E-state index is 12.8. The van der Waals surface area contributed by atoms with Crippen molar-refractivity contribution in [3.05, 3.63) is 71.3 Å². The van der Waals surface area contributed by atoms with Gasteiger partial charge in [0.1, 0.15) is 0 Å². The minimum Gasteiger partial charge on any atom is -0.300 e. The second-order valence-electron chi connectivity index (χ2n) is 8.42. The lowest BCUT2D eigenvalue weighted by Crippen LogP contribution is -2.36. The van der Waals surface area contributed by atoms with Crippen LogP contribution in [0.25, 0.3) is 0 Å². The van der Waals surface area contributed by atoms with Crippen LogP contribution in [0, 0.1) is 17.2 Å². The molecule has 2 aromatic carbocycles. The lowest BCUT2D eigenvalue weighted by molar-refractivity contribution is -0.148. The number of rotatable bonds is 10. The SMILES string of the molecule is CC#N.CCC(CCc1ccc(C2CC2C(F)(F)F)cc1)N(CC)CCc1ccccc1. The Labute approximate surface area is 191 Å². The minimum atomic E-state index is -4.05. The van der Waals surface area contributed by atoms with Crippen LogP contribution in [0.4, 0.5) is 13.2 Å². The highest BCUT2D eigenvalue weighted by Crippen LogP contribution is 2.56. The fraction of sp³-hybridized carbons (Fsp3) is 0.519. The zero-order valence-corrected chi connectivity index (χ0v) is 19.4. The predicted molar refractivity (Wildman–Crippen MR) is 124 cm³/mol. The van der Waals surface area contributed by atoms with E-state index in [0.717, 1.165) is 44.3 Å². The molecule has 2 aromatic rings. The molecule has 0 heterocycles. The molecule has 0 amide bonds. The monoisotopic (exact) mass is 444 g/mol. The summed E-state index contributed by atoms with van der Waals surface area (Å²) in [4.78, 5) is 2.56. The third-order valence-electron chi connectivity index (χ3n) is 6.31. The third-order valence-corrected chi connectivity index (χ3v) is 6.31. The zero-order chi connectivity index (χ0) is 23.6. The van der Waals surface area contributed by atoms with Gasteiger partial charge in [-0.3, -0.25) is 0 Å². The first kappa shape index (κ1) is 25.9. The van der Waals surface area contributed by atoms with Crippen LogP contribution in [0.2, 0.25) is 0 Å². The van der Waals surface area contributed by atoms with Crippen LogP contribution in [0.1, 0.15) is 62.6 Å². The quantitative estimate of drug-likeness (QED) is 0.389. The van der Waals surface area contributed by atoms with Crippen molar-refractivity contribution in [3.63, 3.8) is 0 Å². The van der Waals surface area contributed by atoms with Gasteiger partial charge in [0.2, 0.25) is 0 Å². The van der Waals surface area contributed by atoms with E-state index in [4.69, 9.17) is 5.26 Å². The topological polar surface area (TPSA) is 27.0 Å². The molecule has 0 spiro atoms. The standard InChI is InChI=1S/C25H32F3N.C2H3N/c1-3-22(29(4-2)17-16-19-8-6-5-7-9-19)15-12-20-10-13-21(14-11-20)23-18-24(23)25(26,27)28;1-2-3/h5-11,13-14,22-24H,3-4,12,15-18H2,1-2H3;1H3. The summed E-state index contributed by atoms with van der Waals surface area (Å²) in [6.07, 6.45) is 0.396. The van der Waals surface area contributed by atoms with Crippen molar-refractivity contribution < 1.29 is 13.2 Å². The maximum absolute atomic E-state index is 12.8. The molecule has 5 heteroatoms. The summed E-state index contributed by atoms with van der Waals surface area (Å²) in [5, 5.41) is 7.32. The Bertz CT molecular complexity index is 825. The first-order chi connectivity index (χ1) is 15.3. The van der Waals surface area contributed by atoms with E-state index in [0.29, 0.717) is 6.04 Å². The summed E-state index contributed by atoms with van der Waals surface area (Å²) in [7, 11) is 0. The van der Waals surface area contributed by atoms with Crippen LogP contribution >= 0.6 is 0 Å². The van der Waals surface area contributed by atoms with E-state index in [-0.39, 0.29) is 12.3 Å². The van der Waals surface area contributed by atoms with Gasteiger partial charge in [-0.25, -0.2) is 0 Å². The summed E-state index contributed by atoms with van der Waals surface area (Å²) >= 11 is 0. The van der Waals surface area contributed by atoms with Crippen LogP contribution in [-0.4, -0.2) is 30.2 Å². The lowest BCUT2D eigenvalue weighted by atomic mass is 9.99. The molecular weight excluding hydrogens is 409 g/mol. The molecule has 1 saturated carbocycles. The first-order valence-electron chi connectivity index (χ1n) is 11.6. The van der Waals surface area contributed by atoms with Crippen LogP contribution in [-0.2, 0) is 12.8 Å². The fourth-order valence-corrected chi connectivity index (χ4v) is 4.35. The second-order valence-corrected chi connectivity index (χ2v) is 8.42. The van der Waals surface area contributed by atoms with Crippen LogP contribution in [0.3, 0.4) is 0 Å². The Morgan fingerprint density at radius 1 is 1.00 bits per heavy atom. The van der Waals surface area contributed by atoms with Gasteiger partial charge in [0.25, 0.3) is 0 Å². The van der Waals surface area contributed by atoms with Gasteiger partial charge in [-0.1, -0.05) is 68.4 Å². The number of alkyl halides is 3. The molecule has 0 bridgehead atoms. The van der Waals surface area contributed by atoms with Crippen LogP contribution < -0.4 is 0 Å². The average Bonchev–Trinajstić information content (AvgIpc) is 3.59. The van der Waals surface area contributed by atoms with Crippen molar-refractivity contribution in [2.75, 3.05) is 13.1 Å². The van der Waals surface area contributed by atoms with E-state index in [1.165, 1.54) is 18.1 Å². The molecule has 0 aromatic heterocycles. The minimum absolute atomic E-state index is 0.244. The van der Waals surface area contributed by atoms with Crippen molar-refractivity contribution >= 4 is 0 Å². The summed E-state index contributed by atoms with van der Waals surface area (Å²) in [6.45, 7) is 7.97. The number of nitriles is 1. The van der Waals surface area contributed by atoms with Crippen molar-refractivity contribution in [2.45, 2.75) is 71.0 Å². The van der Waals surface area contributed by atoms with Gasteiger partial charge in [-0.15, -0.1) is 0 Å². The lowest BCUT2D eigenvalue weighted by Gasteiger charge is -2.30. The molecule has 2 nitrogen and oxygen atoms in total. The summed E-state index contributed by atoms with van der Waals surface area (Å²) in [5.74, 6) is -1.47. The third kappa shape index (κ3) is 7.98. The number of nitrogens with zero attached hydrogens (tertiary/aromatic N) is 2. The molecule has 1 fully saturated rings. The Balaban J connectivity index is 0.00000114. The van der Waals surface area contributed by atoms with Gasteiger partial charge in [0.15, 0.2) is 0 Å². The highest BCUT2D eigenvalue weighted by molar-refractivity contribution is 5.30. The van der Waals surface area contributed by atoms with E-state index in [1.54, 1.807) is 6.07 Å². The van der Waals surface area contributed by atoms with E-state index < -0.39 is 12.1 Å². The van der Waals surface area contributed by atoms with Crippen LogP contribution in [0.5, 0.6) is 0 Å². The number of benzene rings is 2. The largest absolute Gasteiger partial charge is 0.392 e. The van der Waals surface area contributed by atoms with Crippen molar-refractivity contribution in [1.29, 1.82) is 5.26 Å². The van der Waals surface area contributed by atoms with E-state index >= 15 is 0 Å². The normalized spacial score (nSPS) is 18.4. The predicted octanol–water partition coefficient (Wildman–Crippen LogP) is 7.16. The molecule has 1 aliphatic rings. The highest BCUT2D eigenvalue weighted by atomic mass is 19.4. The zero-order valence-electron chi connectivity index (χ0n) is 19.4. The van der Waals surface area contributed by atoms with Gasteiger partial charge in [0, 0.05) is 19.5 Å². The van der Waals surface area contributed by atoms with Crippen molar-refractivity contribution in [3.8, 4) is 6.07 Å². The maximum Gasteiger partial charge on any atom is 0.392 e. The molecule has 3 rings (SSSR count). The summed E-state index contributed by atoms with van der Waals surface area (Å²) in [6, 6.07) is 20.7. The number of likely N-dealkylation sites (N-methyl/N-ethyl adjacent to an activating group) is 1. The van der Waals surface area contributed by atoms with Crippen LogP contribution in [0.15, 0.2) is 54.6 Å². The number of aryl methyl sites for hydroxylation is 1. The van der Waals surface area contributed by atoms with Gasteiger partial charge in [-0.2, -0.15) is 18.4 Å². The molecule has 0 N–H and O–H groups in total. The molecule has 1 aliphatic carbocycles. The van der Waals surface area contributed by atoms with E-state index in [2.05, 4.69) is 43.0 Å². The van der Waals surface area contributed by atoms with E-state index in [1.807, 2.05) is 30.3 Å². The summed E-state index contributed by atoms with van der Waals surface area (Å²) < 4.78 is 38.3. The second kappa shape index (κ2) is 12.6. The number of halogens is 3. The number of hydrogen-bond donors (Lipinski definition) is 0. The summed E-state index contributed by atoms with van der Waals surface area (Å²) in [5.41, 5.74) is 3.42. The Morgan fingerprint density at radius 2 is 1.59 bits per heavy atom. The Kier molecular flexibility index (Phi) is 10.3. The fourth-order valence-electron chi connectivity index (χ4n) is 4.35. The van der Waals surface area contributed by atoms with E-state index in [9.17, 15) is 13.2 Å². The van der Waals surface area contributed by atoms with Crippen molar-refractivity contribution in [2.24, 2.45) is 5.92 Å². The average molecular weight is 445 g/mol. The Morgan fingerprint density at radius 3 is 2.09 bits per heavy atom. The number of hydrogen-bond acceptors (Lipinski definition) is 2. The molecule has 3 unspecified atom stereocenters. The molecule has 32 heavy (non-hydrogen) atoms. The van der Waals surface area contributed by atoms with Gasteiger partial charge in [0.05, 0.1) is 12.0 Å². The highest BCUT2D eigenvalue weighted by Gasteiger charge is 2.55. The Hall–Kier alpha value is -2.32. The smallest absolute Gasteiger partial charge is 0.300 e. The van der Waals surface area contributed by atoms with Gasteiger partial charge < -0.3 is 4.90 Å². The molecular formula is C27H35F3N2. The first-order valence-corrected chi connectivity index (χ1v) is 11.6. The van der Waals surface area contributed by atoms with Crippen molar-refractivity contribution in [1.82, 2.24) is 4.90 Å². The van der Waals surface area contributed by atoms with Gasteiger partial charge >= 0.3 is 6.18 Å². The molecule has 0 saturated heterocycles. The molecule has 174 valence electrons. The van der Waals surface area contributed by atoms with Gasteiger partial charge in [-0.05, 0) is 61.3 Å². The molecule has 3 atom stereocenters.